The minimum Gasteiger partial charge on any atom is -0.340 e. The van der Waals surface area contributed by atoms with Crippen molar-refractivity contribution >= 4 is 28.3 Å². The molecule has 0 unspecified atom stereocenters. The summed E-state index contributed by atoms with van der Waals surface area (Å²) in [6.07, 6.45) is 3.49. The molecule has 0 spiro atoms. The second-order valence-corrected chi connectivity index (χ2v) is 8.74. The zero-order valence-electron chi connectivity index (χ0n) is 14.5. The topological polar surface area (TPSA) is 83.7 Å². The Morgan fingerprint density at radius 3 is 2.27 bits per heavy atom. The van der Waals surface area contributed by atoms with Gasteiger partial charge in [0.05, 0.1) is 4.90 Å². The Morgan fingerprint density at radius 2 is 1.73 bits per heavy atom. The van der Waals surface area contributed by atoms with Crippen LogP contribution in [0.5, 0.6) is 0 Å². The lowest BCUT2D eigenvalue weighted by Gasteiger charge is -2.34. The molecule has 2 N–H and O–H groups in total. The lowest BCUT2D eigenvalue weighted by Crippen LogP contribution is -2.51. The molecule has 9 heteroatoms. The SMILES string of the molecule is Cl.N[C@@H]1CCC[C@H]1CC(=O)N1CCN(S(=O)(=O)c2ccc(F)cc2)CC1. The van der Waals surface area contributed by atoms with Crippen LogP contribution in [0.3, 0.4) is 0 Å². The molecule has 2 fully saturated rings. The van der Waals surface area contributed by atoms with Gasteiger partial charge in [0.15, 0.2) is 0 Å². The molecule has 0 bridgehead atoms. The van der Waals surface area contributed by atoms with Crippen molar-refractivity contribution in [3.63, 3.8) is 0 Å². The molecule has 1 aliphatic heterocycles. The molecule has 1 amide bonds. The van der Waals surface area contributed by atoms with E-state index in [1.807, 2.05) is 0 Å². The summed E-state index contributed by atoms with van der Waals surface area (Å²) < 4.78 is 39.5. The fourth-order valence-corrected chi connectivity index (χ4v) is 5.03. The number of sulfonamides is 1. The fraction of sp³-hybridized carbons (Fsp3) is 0.588. The van der Waals surface area contributed by atoms with Crippen molar-refractivity contribution in [1.82, 2.24) is 9.21 Å². The fourth-order valence-electron chi connectivity index (χ4n) is 3.61. The molecule has 0 radical (unpaired) electrons. The Kier molecular flexibility index (Phi) is 7.01. The van der Waals surface area contributed by atoms with Gasteiger partial charge in [-0.2, -0.15) is 4.31 Å². The Hall–Kier alpha value is -1.22. The van der Waals surface area contributed by atoms with Gasteiger partial charge in [-0.3, -0.25) is 4.79 Å². The summed E-state index contributed by atoms with van der Waals surface area (Å²) >= 11 is 0. The summed E-state index contributed by atoms with van der Waals surface area (Å²) in [5, 5.41) is 0. The first-order chi connectivity index (χ1) is 11.9. The van der Waals surface area contributed by atoms with Gasteiger partial charge < -0.3 is 10.6 Å². The summed E-state index contributed by atoms with van der Waals surface area (Å²) in [5.74, 6) is -0.172. The molecule has 2 atom stereocenters. The van der Waals surface area contributed by atoms with Crippen molar-refractivity contribution in [3.8, 4) is 0 Å². The number of nitrogens with zero attached hydrogens (tertiary/aromatic N) is 2. The number of piperazine rings is 1. The average Bonchev–Trinajstić information content (AvgIpc) is 3.00. The summed E-state index contributed by atoms with van der Waals surface area (Å²) in [7, 11) is -3.65. The van der Waals surface area contributed by atoms with E-state index in [1.54, 1.807) is 4.90 Å². The summed E-state index contributed by atoms with van der Waals surface area (Å²) in [6, 6.07) is 4.91. The van der Waals surface area contributed by atoms with Crippen LogP contribution in [0.1, 0.15) is 25.7 Å². The number of hydrogen-bond donors (Lipinski definition) is 1. The second-order valence-electron chi connectivity index (χ2n) is 6.80. The van der Waals surface area contributed by atoms with Gasteiger partial charge in [0.1, 0.15) is 5.82 Å². The highest BCUT2D eigenvalue weighted by Gasteiger charge is 2.32. The highest BCUT2D eigenvalue weighted by molar-refractivity contribution is 7.89. The Morgan fingerprint density at radius 1 is 1.12 bits per heavy atom. The molecule has 3 rings (SSSR count). The van der Waals surface area contributed by atoms with Crippen LogP contribution < -0.4 is 5.73 Å². The van der Waals surface area contributed by atoms with E-state index < -0.39 is 15.8 Å². The number of benzene rings is 1. The van der Waals surface area contributed by atoms with Crippen LogP contribution in [0.15, 0.2) is 29.2 Å². The van der Waals surface area contributed by atoms with Crippen molar-refractivity contribution in [2.75, 3.05) is 26.2 Å². The summed E-state index contributed by atoms with van der Waals surface area (Å²) in [4.78, 5) is 14.2. The van der Waals surface area contributed by atoms with E-state index in [-0.39, 0.29) is 48.3 Å². The average molecular weight is 406 g/mol. The third-order valence-corrected chi connectivity index (χ3v) is 7.11. The van der Waals surface area contributed by atoms with Gasteiger partial charge in [0.25, 0.3) is 0 Å². The molecular weight excluding hydrogens is 381 g/mol. The zero-order chi connectivity index (χ0) is 18.0. The highest BCUT2D eigenvalue weighted by atomic mass is 35.5. The number of amides is 1. The summed E-state index contributed by atoms with van der Waals surface area (Å²) in [5.41, 5.74) is 6.03. The predicted octanol–water partition coefficient (Wildman–Crippen LogP) is 1.60. The van der Waals surface area contributed by atoms with Crippen molar-refractivity contribution in [2.45, 2.75) is 36.6 Å². The van der Waals surface area contributed by atoms with E-state index in [4.69, 9.17) is 5.73 Å². The standard InChI is InChI=1S/C17H24FN3O3S.ClH/c18-14-4-6-15(7-5-14)25(23,24)21-10-8-20(9-11-21)17(22)12-13-2-1-3-16(13)19;/h4-7,13,16H,1-3,8-12,19H2;1H/t13-,16+;/m0./s1. The van der Waals surface area contributed by atoms with Gasteiger partial charge in [-0.15, -0.1) is 12.4 Å². The Labute approximate surface area is 160 Å². The van der Waals surface area contributed by atoms with Crippen LogP contribution in [0.4, 0.5) is 4.39 Å². The van der Waals surface area contributed by atoms with Crippen molar-refractivity contribution in [1.29, 1.82) is 0 Å². The van der Waals surface area contributed by atoms with E-state index in [0.717, 1.165) is 31.4 Å². The molecule has 1 aromatic rings. The number of nitrogens with two attached hydrogens (primary N) is 1. The first kappa shape index (κ1) is 21.1. The van der Waals surface area contributed by atoms with E-state index in [1.165, 1.54) is 16.4 Å². The van der Waals surface area contributed by atoms with Gasteiger partial charge in [-0.05, 0) is 43.0 Å². The molecule has 1 saturated heterocycles. The van der Waals surface area contributed by atoms with Crippen molar-refractivity contribution < 1.29 is 17.6 Å². The zero-order valence-corrected chi connectivity index (χ0v) is 16.1. The molecule has 146 valence electrons. The molecule has 1 saturated carbocycles. The molecule has 2 aliphatic rings. The lowest BCUT2D eigenvalue weighted by atomic mass is 9.99. The molecular formula is C17H25ClFN3O3S. The van der Waals surface area contributed by atoms with Gasteiger partial charge >= 0.3 is 0 Å². The van der Waals surface area contributed by atoms with Crippen molar-refractivity contribution in [3.05, 3.63) is 30.1 Å². The van der Waals surface area contributed by atoms with Crippen LogP contribution in [-0.2, 0) is 14.8 Å². The molecule has 1 aliphatic carbocycles. The first-order valence-electron chi connectivity index (χ1n) is 8.67. The van der Waals surface area contributed by atoms with Gasteiger partial charge in [0, 0.05) is 38.6 Å². The second kappa shape index (κ2) is 8.65. The molecule has 26 heavy (non-hydrogen) atoms. The number of halogens is 2. The normalized spacial score (nSPS) is 24.3. The number of carbonyl (C=O) groups is 1. The molecule has 0 aromatic heterocycles. The maximum atomic E-state index is 13.0. The predicted molar refractivity (Wildman–Crippen MR) is 98.9 cm³/mol. The molecule has 1 heterocycles. The third-order valence-electron chi connectivity index (χ3n) is 5.20. The van der Waals surface area contributed by atoms with E-state index in [9.17, 15) is 17.6 Å². The quantitative estimate of drug-likeness (QED) is 0.824. The van der Waals surface area contributed by atoms with Crippen LogP contribution in [-0.4, -0.2) is 55.8 Å². The third kappa shape index (κ3) is 4.54. The first-order valence-corrected chi connectivity index (χ1v) is 10.1. The highest BCUT2D eigenvalue weighted by Crippen LogP contribution is 2.27. The largest absolute Gasteiger partial charge is 0.340 e. The molecule has 6 nitrogen and oxygen atoms in total. The van der Waals surface area contributed by atoms with Crippen molar-refractivity contribution in [2.24, 2.45) is 11.7 Å². The molecule has 1 aromatic carbocycles. The number of hydrogen-bond acceptors (Lipinski definition) is 4. The van der Waals surface area contributed by atoms with Crippen LogP contribution in [0.2, 0.25) is 0 Å². The van der Waals surface area contributed by atoms with Gasteiger partial charge in [-0.1, -0.05) is 6.42 Å². The van der Waals surface area contributed by atoms with Crippen LogP contribution >= 0.6 is 12.4 Å². The smallest absolute Gasteiger partial charge is 0.243 e. The summed E-state index contributed by atoms with van der Waals surface area (Å²) in [6.45, 7) is 1.26. The maximum absolute atomic E-state index is 13.0. The Bertz CT molecular complexity index is 721. The minimum absolute atomic E-state index is 0. The van der Waals surface area contributed by atoms with Crippen LogP contribution in [0.25, 0.3) is 0 Å². The lowest BCUT2D eigenvalue weighted by molar-refractivity contribution is -0.133. The van der Waals surface area contributed by atoms with Gasteiger partial charge in [-0.25, -0.2) is 12.8 Å². The van der Waals surface area contributed by atoms with E-state index >= 15 is 0 Å². The van der Waals surface area contributed by atoms with E-state index in [0.29, 0.717) is 19.5 Å². The maximum Gasteiger partial charge on any atom is 0.243 e. The number of rotatable bonds is 4. The minimum atomic E-state index is -3.65. The van der Waals surface area contributed by atoms with Gasteiger partial charge in [0.2, 0.25) is 15.9 Å². The van der Waals surface area contributed by atoms with Crippen LogP contribution in [0, 0.1) is 11.7 Å². The number of carbonyl (C=O) groups excluding carboxylic acids is 1. The Balaban J connectivity index is 0.00000243. The van der Waals surface area contributed by atoms with E-state index in [2.05, 4.69) is 0 Å². The monoisotopic (exact) mass is 405 g/mol.